The molecule has 0 saturated carbocycles. The highest BCUT2D eigenvalue weighted by atomic mass is 28.3. The molecule has 0 unspecified atom stereocenters. The summed E-state index contributed by atoms with van der Waals surface area (Å²) in [6, 6.07) is 188. The summed E-state index contributed by atoms with van der Waals surface area (Å²) < 4.78 is 0. The Morgan fingerprint density at radius 3 is 0.769 bits per heavy atom. The number of hydrogen-bond acceptors (Lipinski definition) is 0. The van der Waals surface area contributed by atoms with Crippen LogP contribution in [0, 0.1) is 20.8 Å². The third-order valence-electron chi connectivity index (χ3n) is 32.9. The van der Waals surface area contributed by atoms with Gasteiger partial charge in [-0.1, -0.05) is 556 Å². The minimum Gasteiger partial charge on any atom is -0.0623 e. The first-order valence-corrected chi connectivity index (χ1v) is 54.0. The average molecular weight is 1890 g/mol. The van der Waals surface area contributed by atoms with Crippen LogP contribution in [0.25, 0.3) is 209 Å². The van der Waals surface area contributed by atoms with Crippen LogP contribution in [0.2, 0.25) is 0 Å². The van der Waals surface area contributed by atoms with Crippen molar-refractivity contribution in [3.63, 3.8) is 0 Å². The number of aryl methyl sites for hydroxylation is 3. The van der Waals surface area contributed by atoms with E-state index in [9.17, 15) is 0 Å². The summed E-state index contributed by atoms with van der Waals surface area (Å²) in [5.41, 5.74) is 40.8. The molecule has 0 spiro atoms. The molecule has 25 aromatic carbocycles. The lowest BCUT2D eigenvalue weighted by Gasteiger charge is -2.34. The molecule has 0 amide bonds. The predicted octanol–water partition coefficient (Wildman–Crippen LogP) is 36.8. The van der Waals surface area contributed by atoms with Gasteiger partial charge in [0.1, 0.15) is 0 Å². The van der Waals surface area contributed by atoms with Crippen LogP contribution in [0.4, 0.5) is 0 Å². The molecular formula is C146H110Si. The van der Waals surface area contributed by atoms with Crippen LogP contribution in [-0.4, -0.2) is 8.07 Å². The Morgan fingerprint density at radius 2 is 0.388 bits per heavy atom. The van der Waals surface area contributed by atoms with Crippen molar-refractivity contribution in [2.45, 2.75) is 78.6 Å². The zero-order valence-corrected chi connectivity index (χ0v) is 85.4. The Kier molecular flexibility index (Phi) is 21.8. The monoisotopic (exact) mass is 1890 g/mol. The highest BCUT2D eigenvalue weighted by molar-refractivity contribution is 7.20. The average Bonchev–Trinajstić information content (AvgIpc) is 1.59. The van der Waals surface area contributed by atoms with E-state index in [4.69, 9.17) is 0 Å². The Morgan fingerprint density at radius 1 is 0.136 bits per heavy atom. The Balaban J connectivity index is 0.000000112. The van der Waals surface area contributed by atoms with Crippen LogP contribution in [0.15, 0.2) is 504 Å². The normalized spacial score (nSPS) is 13.2. The lowest BCUT2D eigenvalue weighted by atomic mass is 9.80. The summed E-state index contributed by atoms with van der Waals surface area (Å²) in [5, 5.41) is 26.1. The summed E-state index contributed by atoms with van der Waals surface area (Å²) >= 11 is 0. The minimum atomic E-state index is -2.64. The first-order valence-electron chi connectivity index (χ1n) is 52.0. The maximum atomic E-state index is 2.43. The van der Waals surface area contributed by atoms with Gasteiger partial charge in [-0.05, 0) is 290 Å². The molecule has 0 fully saturated rings. The second kappa shape index (κ2) is 35.7. The van der Waals surface area contributed by atoms with Gasteiger partial charge in [0.25, 0.3) is 0 Å². The van der Waals surface area contributed by atoms with Crippen LogP contribution < -0.4 is 20.7 Å². The van der Waals surface area contributed by atoms with E-state index in [0.29, 0.717) is 0 Å². The van der Waals surface area contributed by atoms with Gasteiger partial charge in [0.2, 0.25) is 0 Å². The van der Waals surface area contributed by atoms with E-state index < -0.39 is 8.07 Å². The van der Waals surface area contributed by atoms with Crippen molar-refractivity contribution < 1.29 is 0 Å². The number of fused-ring (bicyclic) bond motifs is 17. The number of rotatable bonds is 12. The lowest BCUT2D eigenvalue weighted by molar-refractivity contribution is 0.660. The third kappa shape index (κ3) is 14.6. The van der Waals surface area contributed by atoms with E-state index in [-0.39, 0.29) is 16.2 Å². The second-order valence-corrected chi connectivity index (χ2v) is 46.2. The quantitative estimate of drug-likeness (QED) is 0.0650. The molecule has 0 radical (unpaired) electrons. The smallest absolute Gasteiger partial charge is 0.0623 e. The van der Waals surface area contributed by atoms with Crippen molar-refractivity contribution in [2.75, 3.05) is 0 Å². The van der Waals surface area contributed by atoms with Gasteiger partial charge < -0.3 is 0 Å². The molecule has 0 nitrogen and oxygen atoms in total. The number of benzene rings is 25. The van der Waals surface area contributed by atoms with E-state index in [1.807, 2.05) is 0 Å². The van der Waals surface area contributed by atoms with Gasteiger partial charge in [0.15, 0.2) is 8.07 Å². The van der Waals surface area contributed by atoms with Crippen LogP contribution in [-0.2, 0) is 16.2 Å². The topological polar surface area (TPSA) is 0 Å². The maximum Gasteiger partial charge on any atom is 0.179 e. The van der Waals surface area contributed by atoms with Crippen LogP contribution >= 0.6 is 0 Å². The first kappa shape index (κ1) is 89.9. The van der Waals surface area contributed by atoms with Gasteiger partial charge in [0, 0.05) is 16.2 Å². The molecule has 0 bridgehead atoms. The van der Waals surface area contributed by atoms with E-state index in [1.165, 1.54) is 279 Å². The van der Waals surface area contributed by atoms with E-state index >= 15 is 0 Å². The highest BCUT2D eigenvalue weighted by Gasteiger charge is 2.44. The zero-order valence-electron chi connectivity index (χ0n) is 84.4. The van der Waals surface area contributed by atoms with Gasteiger partial charge in [-0.3, -0.25) is 0 Å². The van der Waals surface area contributed by atoms with Gasteiger partial charge >= 0.3 is 0 Å². The first-order chi connectivity index (χ1) is 72.0. The fourth-order valence-corrected chi connectivity index (χ4v) is 30.8. The molecule has 28 rings (SSSR count). The van der Waals surface area contributed by atoms with Crippen LogP contribution in [0.1, 0.15) is 91.6 Å². The zero-order chi connectivity index (χ0) is 99.1. The van der Waals surface area contributed by atoms with Crippen molar-refractivity contribution in [1.29, 1.82) is 0 Å². The second-order valence-electron chi connectivity index (χ2n) is 42.4. The van der Waals surface area contributed by atoms with E-state index in [2.05, 4.69) is 566 Å². The summed E-state index contributed by atoms with van der Waals surface area (Å²) in [4.78, 5) is 0. The molecule has 0 heterocycles. The van der Waals surface area contributed by atoms with Crippen molar-refractivity contribution in [1.82, 2.24) is 0 Å². The lowest BCUT2D eigenvalue weighted by Crippen LogP contribution is -2.74. The maximum absolute atomic E-state index is 2.64. The standard InChI is InChI=1S/C54H42Si.2C46H34/c1-37-30-35-45-48(36-37)52(47-27-17-29-50-53(47)46-26-15-16-28-49(46)54(50,2)3)44-25-14-13-24-43(44)51(45)38-31-33-42(34-32-38)55(39-18-7-4-8-19-39,40-20-9-5-10-21-40)41-22-11-6-12-23-41;1-29-22-27-37-40(28-29)44(39-19-11-21-42-45(39)38-17-8-9-20-41(38)46(42,2)3)36-16-7-6-15-35(36)43(37)32-25-23-31(24-26-32)34-18-10-13-30-12-4-5-14-33(30)34;1-29-19-26-37-40(27-29)44(39-16-10-18-42-45(39)38-15-8-9-17-41(38)46(42,2)3)36-14-7-6-13-35(36)43(37)32-23-20-31(21-24-32)34-25-22-30-11-4-5-12-33(30)28-34/h4-36H,1-3H3;2*4-28H,1-3H3. The Hall–Kier alpha value is -17.2. The fourth-order valence-electron chi connectivity index (χ4n) is 26.0. The Bertz CT molecular complexity index is 9500. The molecule has 3 aliphatic rings. The minimum absolute atomic E-state index is 0.0454. The third-order valence-corrected chi connectivity index (χ3v) is 37.7. The molecule has 0 atom stereocenters. The molecule has 698 valence electrons. The largest absolute Gasteiger partial charge is 0.179 e. The summed E-state index contributed by atoms with van der Waals surface area (Å²) in [7, 11) is -2.64. The van der Waals surface area contributed by atoms with Gasteiger partial charge in [-0.25, -0.2) is 0 Å². The van der Waals surface area contributed by atoms with Crippen molar-refractivity contribution in [3.05, 3.63) is 554 Å². The predicted molar refractivity (Wildman–Crippen MR) is 633 cm³/mol. The van der Waals surface area contributed by atoms with Crippen LogP contribution in [0.3, 0.4) is 0 Å². The Labute approximate surface area is 863 Å². The molecule has 0 aliphatic heterocycles. The van der Waals surface area contributed by atoms with Crippen LogP contribution in [0.5, 0.6) is 0 Å². The summed E-state index contributed by atoms with van der Waals surface area (Å²) in [6.07, 6.45) is 0. The molecule has 25 aromatic rings. The molecule has 0 N–H and O–H groups in total. The molecule has 1 heteroatoms. The number of hydrogen-bond donors (Lipinski definition) is 0. The molecule has 0 aromatic heterocycles. The van der Waals surface area contributed by atoms with Crippen molar-refractivity contribution >= 4 is 115 Å². The van der Waals surface area contributed by atoms with Crippen molar-refractivity contribution in [3.8, 4) is 122 Å². The van der Waals surface area contributed by atoms with Gasteiger partial charge in [0.05, 0.1) is 0 Å². The van der Waals surface area contributed by atoms with Gasteiger partial charge in [-0.15, -0.1) is 0 Å². The fraction of sp³-hybridized carbons (Fsp3) is 0.0822. The van der Waals surface area contributed by atoms with E-state index in [1.54, 1.807) is 0 Å². The summed E-state index contributed by atoms with van der Waals surface area (Å²) in [5.74, 6) is 0. The SMILES string of the molecule is Cc1ccc2c(-c3ccc(-c4ccc5ccccc5c4)cc3)c3ccccc3c(-c3cccc4c3-c3ccccc3C4(C)C)c2c1.Cc1ccc2c(-c3ccc(-c4cccc5ccccc45)cc3)c3ccccc3c(-c3cccc4c3-c3ccccc3C4(C)C)c2c1.Cc1ccc2c(-c3ccc([Si](c4ccccc4)(c4ccccc4)c4ccccc4)cc3)c3ccccc3c(-c3cccc4c3-c3ccccc3C4(C)C)c2c1. The van der Waals surface area contributed by atoms with E-state index in [0.717, 1.165) is 0 Å². The molecular weight excluding hydrogens is 1780 g/mol. The molecule has 0 saturated heterocycles. The van der Waals surface area contributed by atoms with Gasteiger partial charge in [-0.2, -0.15) is 0 Å². The molecule has 3 aliphatic carbocycles. The molecule has 147 heavy (non-hydrogen) atoms. The van der Waals surface area contributed by atoms with Crippen molar-refractivity contribution in [2.24, 2.45) is 0 Å². The summed E-state index contributed by atoms with van der Waals surface area (Å²) in [6.45, 7) is 20.9. The highest BCUT2D eigenvalue weighted by Crippen LogP contribution is 2.60.